The van der Waals surface area contributed by atoms with E-state index >= 15 is 0 Å². The standard InChI is InChI=1S/C19H22N2OS/c22-19(11-15-5-10-23-14-15)21-8-6-20(7-9-21)18-12-16-3-1-2-4-17(16)13-18/h1-5,10,14,18H,6-9,11-13H2. The summed E-state index contributed by atoms with van der Waals surface area (Å²) in [6.07, 6.45) is 2.89. The molecule has 0 radical (unpaired) electrons. The van der Waals surface area contributed by atoms with E-state index < -0.39 is 0 Å². The summed E-state index contributed by atoms with van der Waals surface area (Å²) in [5.74, 6) is 0.276. The first kappa shape index (κ1) is 14.9. The van der Waals surface area contributed by atoms with Crippen LogP contribution in [-0.2, 0) is 24.1 Å². The second-order valence-electron chi connectivity index (χ2n) is 6.56. The van der Waals surface area contributed by atoms with Gasteiger partial charge >= 0.3 is 0 Å². The molecule has 1 fully saturated rings. The zero-order valence-electron chi connectivity index (χ0n) is 13.3. The maximum absolute atomic E-state index is 12.4. The highest BCUT2D eigenvalue weighted by Gasteiger charge is 2.30. The Kier molecular flexibility index (Phi) is 4.19. The average Bonchev–Trinajstić information content (AvgIpc) is 3.24. The Morgan fingerprint density at radius 3 is 2.35 bits per heavy atom. The molecule has 3 nitrogen and oxygen atoms in total. The number of carbonyl (C=O) groups excluding carboxylic acids is 1. The summed E-state index contributed by atoms with van der Waals surface area (Å²) >= 11 is 1.66. The maximum atomic E-state index is 12.4. The highest BCUT2D eigenvalue weighted by molar-refractivity contribution is 7.07. The molecule has 1 aliphatic carbocycles. The number of hydrogen-bond acceptors (Lipinski definition) is 3. The van der Waals surface area contributed by atoms with Gasteiger partial charge in [-0.3, -0.25) is 9.69 Å². The van der Waals surface area contributed by atoms with E-state index in [1.54, 1.807) is 11.3 Å². The second kappa shape index (κ2) is 6.46. The monoisotopic (exact) mass is 326 g/mol. The van der Waals surface area contributed by atoms with Crippen molar-refractivity contribution in [2.45, 2.75) is 25.3 Å². The van der Waals surface area contributed by atoms with Crippen molar-refractivity contribution in [1.82, 2.24) is 9.80 Å². The summed E-state index contributed by atoms with van der Waals surface area (Å²) in [6, 6.07) is 11.5. The Morgan fingerprint density at radius 1 is 1.04 bits per heavy atom. The third-order valence-corrected chi connectivity index (χ3v) is 5.88. The van der Waals surface area contributed by atoms with Gasteiger partial charge in [0.15, 0.2) is 0 Å². The predicted molar refractivity (Wildman–Crippen MR) is 93.8 cm³/mol. The predicted octanol–water partition coefficient (Wildman–Crippen LogP) is 2.60. The van der Waals surface area contributed by atoms with Crippen LogP contribution in [0.4, 0.5) is 0 Å². The first-order valence-corrected chi connectivity index (χ1v) is 9.33. The number of benzene rings is 1. The molecule has 0 atom stereocenters. The summed E-state index contributed by atoms with van der Waals surface area (Å²) in [5.41, 5.74) is 4.16. The lowest BCUT2D eigenvalue weighted by Crippen LogP contribution is -2.52. The number of piperazine rings is 1. The molecule has 1 amide bonds. The fraction of sp³-hybridized carbons (Fsp3) is 0.421. The van der Waals surface area contributed by atoms with Crippen molar-refractivity contribution in [1.29, 1.82) is 0 Å². The van der Waals surface area contributed by atoms with E-state index in [4.69, 9.17) is 0 Å². The van der Waals surface area contributed by atoms with Crippen molar-refractivity contribution < 1.29 is 4.79 Å². The number of rotatable bonds is 3. The smallest absolute Gasteiger partial charge is 0.227 e. The van der Waals surface area contributed by atoms with Crippen LogP contribution < -0.4 is 0 Å². The zero-order chi connectivity index (χ0) is 15.6. The van der Waals surface area contributed by atoms with Crippen molar-refractivity contribution in [2.24, 2.45) is 0 Å². The van der Waals surface area contributed by atoms with Gasteiger partial charge in [-0.15, -0.1) is 0 Å². The summed E-state index contributed by atoms with van der Waals surface area (Å²) < 4.78 is 0. The van der Waals surface area contributed by atoms with Crippen molar-refractivity contribution in [3.8, 4) is 0 Å². The van der Waals surface area contributed by atoms with Crippen LogP contribution in [0, 0.1) is 0 Å². The molecule has 4 heteroatoms. The summed E-state index contributed by atoms with van der Waals surface area (Å²) in [5, 5.41) is 4.11. The number of nitrogens with zero attached hydrogens (tertiary/aromatic N) is 2. The van der Waals surface area contributed by atoms with Crippen LogP contribution in [0.1, 0.15) is 16.7 Å². The Hall–Kier alpha value is -1.65. The third kappa shape index (κ3) is 3.19. The van der Waals surface area contributed by atoms with Gasteiger partial charge in [-0.1, -0.05) is 24.3 Å². The molecule has 2 heterocycles. The van der Waals surface area contributed by atoms with Gasteiger partial charge in [-0.2, -0.15) is 11.3 Å². The molecular weight excluding hydrogens is 304 g/mol. The minimum absolute atomic E-state index is 0.276. The zero-order valence-corrected chi connectivity index (χ0v) is 14.1. The molecule has 1 aliphatic heterocycles. The molecule has 23 heavy (non-hydrogen) atoms. The molecule has 2 aromatic rings. The normalized spacial score (nSPS) is 19.0. The summed E-state index contributed by atoms with van der Waals surface area (Å²) in [4.78, 5) is 17.0. The topological polar surface area (TPSA) is 23.6 Å². The van der Waals surface area contributed by atoms with Gasteiger partial charge in [0.25, 0.3) is 0 Å². The molecule has 120 valence electrons. The van der Waals surface area contributed by atoms with Gasteiger partial charge in [0.1, 0.15) is 0 Å². The molecule has 1 saturated heterocycles. The van der Waals surface area contributed by atoms with Crippen LogP contribution in [0.5, 0.6) is 0 Å². The molecular formula is C19H22N2OS. The average molecular weight is 326 g/mol. The van der Waals surface area contributed by atoms with Crippen molar-refractivity contribution >= 4 is 17.2 Å². The van der Waals surface area contributed by atoms with Gasteiger partial charge in [-0.25, -0.2) is 0 Å². The Labute approximate surface area is 141 Å². The van der Waals surface area contributed by atoms with Crippen LogP contribution in [-0.4, -0.2) is 47.9 Å². The number of carbonyl (C=O) groups is 1. The highest BCUT2D eigenvalue weighted by Crippen LogP contribution is 2.26. The largest absolute Gasteiger partial charge is 0.340 e. The molecule has 0 unspecified atom stereocenters. The SMILES string of the molecule is O=C(Cc1ccsc1)N1CCN(C2Cc3ccccc3C2)CC1. The van der Waals surface area contributed by atoms with E-state index in [0.717, 1.165) is 31.7 Å². The number of hydrogen-bond donors (Lipinski definition) is 0. The van der Waals surface area contributed by atoms with E-state index in [1.807, 2.05) is 10.3 Å². The second-order valence-corrected chi connectivity index (χ2v) is 7.34. The van der Waals surface area contributed by atoms with Crippen molar-refractivity contribution in [3.05, 3.63) is 57.8 Å². The Balaban J connectivity index is 1.31. The lowest BCUT2D eigenvalue weighted by atomic mass is 10.1. The van der Waals surface area contributed by atoms with Gasteiger partial charge in [0.2, 0.25) is 5.91 Å². The molecule has 0 bridgehead atoms. The van der Waals surface area contributed by atoms with E-state index in [2.05, 4.69) is 40.6 Å². The first-order chi connectivity index (χ1) is 11.3. The number of amides is 1. The molecule has 0 N–H and O–H groups in total. The fourth-order valence-corrected chi connectivity index (χ4v) is 4.48. The molecule has 4 rings (SSSR count). The molecule has 1 aromatic carbocycles. The van der Waals surface area contributed by atoms with Crippen LogP contribution >= 0.6 is 11.3 Å². The number of fused-ring (bicyclic) bond motifs is 1. The van der Waals surface area contributed by atoms with E-state index in [0.29, 0.717) is 12.5 Å². The van der Waals surface area contributed by atoms with E-state index in [9.17, 15) is 4.79 Å². The quantitative estimate of drug-likeness (QED) is 0.866. The van der Waals surface area contributed by atoms with Crippen molar-refractivity contribution in [2.75, 3.05) is 26.2 Å². The van der Waals surface area contributed by atoms with Crippen molar-refractivity contribution in [3.63, 3.8) is 0 Å². The molecule has 2 aliphatic rings. The van der Waals surface area contributed by atoms with Crippen LogP contribution in [0.25, 0.3) is 0 Å². The van der Waals surface area contributed by atoms with Gasteiger partial charge in [0.05, 0.1) is 6.42 Å². The maximum Gasteiger partial charge on any atom is 0.227 e. The first-order valence-electron chi connectivity index (χ1n) is 8.39. The summed E-state index contributed by atoms with van der Waals surface area (Å²) in [7, 11) is 0. The summed E-state index contributed by atoms with van der Waals surface area (Å²) in [6.45, 7) is 3.76. The highest BCUT2D eigenvalue weighted by atomic mass is 32.1. The van der Waals surface area contributed by atoms with Gasteiger partial charge in [0, 0.05) is 32.2 Å². The molecule has 0 saturated carbocycles. The lowest BCUT2D eigenvalue weighted by molar-refractivity contribution is -0.132. The van der Waals surface area contributed by atoms with Crippen LogP contribution in [0.2, 0.25) is 0 Å². The van der Waals surface area contributed by atoms with Crippen LogP contribution in [0.3, 0.4) is 0 Å². The number of thiophene rings is 1. The molecule has 1 aromatic heterocycles. The molecule has 0 spiro atoms. The van der Waals surface area contributed by atoms with E-state index in [-0.39, 0.29) is 5.91 Å². The van der Waals surface area contributed by atoms with Crippen LogP contribution in [0.15, 0.2) is 41.1 Å². The Morgan fingerprint density at radius 2 is 1.74 bits per heavy atom. The van der Waals surface area contributed by atoms with E-state index in [1.165, 1.54) is 24.0 Å². The lowest BCUT2D eigenvalue weighted by Gasteiger charge is -2.38. The minimum atomic E-state index is 0.276. The van der Waals surface area contributed by atoms with Gasteiger partial charge in [-0.05, 0) is 46.4 Å². The Bertz CT molecular complexity index is 649. The fourth-order valence-electron chi connectivity index (χ4n) is 3.81. The third-order valence-electron chi connectivity index (χ3n) is 5.15. The van der Waals surface area contributed by atoms with Gasteiger partial charge < -0.3 is 4.90 Å². The minimum Gasteiger partial charge on any atom is -0.340 e.